The summed E-state index contributed by atoms with van der Waals surface area (Å²) in [7, 11) is 1.51. The molecule has 0 aliphatic heterocycles. The highest BCUT2D eigenvalue weighted by atomic mass is 16.6. The molecule has 1 aliphatic carbocycles. The van der Waals surface area contributed by atoms with E-state index in [2.05, 4.69) is 15.3 Å². The van der Waals surface area contributed by atoms with Gasteiger partial charge in [-0.3, -0.25) is 10.1 Å². The summed E-state index contributed by atoms with van der Waals surface area (Å²) >= 11 is 0. The number of nitrogens with one attached hydrogen (secondary N) is 1. The third-order valence-corrected chi connectivity index (χ3v) is 2.55. The zero-order valence-corrected chi connectivity index (χ0v) is 10.9. The molecule has 1 aromatic heterocycles. The first kappa shape index (κ1) is 13.5. The van der Waals surface area contributed by atoms with Crippen molar-refractivity contribution in [3.63, 3.8) is 0 Å². The van der Waals surface area contributed by atoms with Crippen molar-refractivity contribution in [2.75, 3.05) is 19.0 Å². The fourth-order valence-electron chi connectivity index (χ4n) is 1.60. The van der Waals surface area contributed by atoms with Gasteiger partial charge in [-0.25, -0.2) is 4.98 Å². The molecule has 0 saturated heterocycles. The van der Waals surface area contributed by atoms with Gasteiger partial charge in [-0.2, -0.15) is 4.98 Å². The van der Waals surface area contributed by atoms with Crippen LogP contribution >= 0.6 is 0 Å². The normalized spacial score (nSPS) is 14.2. The predicted molar refractivity (Wildman–Crippen MR) is 67.2 cm³/mol. The van der Waals surface area contributed by atoms with Crippen LogP contribution in [0.4, 0.5) is 11.5 Å². The van der Waals surface area contributed by atoms with Crippen molar-refractivity contribution in [2.45, 2.75) is 32.4 Å². The van der Waals surface area contributed by atoms with E-state index in [0.29, 0.717) is 12.4 Å². The molecule has 1 saturated carbocycles. The number of nitrogens with zero attached hydrogens (tertiary/aromatic N) is 3. The molecule has 0 atom stereocenters. The van der Waals surface area contributed by atoms with Gasteiger partial charge < -0.3 is 14.8 Å². The number of hydrogen-bond acceptors (Lipinski definition) is 7. The Morgan fingerprint density at radius 2 is 2.21 bits per heavy atom. The predicted octanol–water partition coefficient (Wildman–Crippen LogP) is 1.50. The number of nitro groups is 1. The standard InChI is InChI=1S/C11H16N4O4/c1-3-19-11-9(15(16)17)10(12-7-4-5-7)13-8(14-11)6-18-2/h7H,3-6H2,1-2H3,(H,12,13,14). The molecule has 1 heterocycles. The van der Waals surface area contributed by atoms with Crippen LogP contribution in [0.1, 0.15) is 25.6 Å². The van der Waals surface area contributed by atoms with Gasteiger partial charge in [-0.05, 0) is 19.8 Å². The van der Waals surface area contributed by atoms with Gasteiger partial charge >= 0.3 is 5.69 Å². The minimum atomic E-state index is -0.522. The minimum absolute atomic E-state index is 0.0160. The highest BCUT2D eigenvalue weighted by Gasteiger charge is 2.30. The average Bonchev–Trinajstić information content (AvgIpc) is 3.13. The zero-order valence-electron chi connectivity index (χ0n) is 10.9. The van der Waals surface area contributed by atoms with Crippen LogP contribution in [0.2, 0.25) is 0 Å². The van der Waals surface area contributed by atoms with Crippen LogP contribution < -0.4 is 10.1 Å². The summed E-state index contributed by atoms with van der Waals surface area (Å²) in [6, 6.07) is 0.249. The van der Waals surface area contributed by atoms with Crippen LogP contribution in [0.3, 0.4) is 0 Å². The quantitative estimate of drug-likeness (QED) is 0.590. The smallest absolute Gasteiger partial charge is 0.372 e. The maximum absolute atomic E-state index is 11.2. The van der Waals surface area contributed by atoms with E-state index in [9.17, 15) is 10.1 Å². The Labute approximate surface area is 110 Å². The minimum Gasteiger partial charge on any atom is -0.473 e. The second-order valence-corrected chi connectivity index (χ2v) is 4.18. The van der Waals surface area contributed by atoms with Gasteiger partial charge in [0, 0.05) is 13.2 Å². The van der Waals surface area contributed by atoms with Crippen LogP contribution in [-0.2, 0) is 11.3 Å². The van der Waals surface area contributed by atoms with E-state index in [1.54, 1.807) is 6.92 Å². The van der Waals surface area contributed by atoms with Gasteiger partial charge in [0.1, 0.15) is 6.61 Å². The summed E-state index contributed by atoms with van der Waals surface area (Å²) in [6.07, 6.45) is 1.98. The van der Waals surface area contributed by atoms with Crippen LogP contribution in [0, 0.1) is 10.1 Å². The van der Waals surface area contributed by atoms with Crippen LogP contribution in [0.25, 0.3) is 0 Å². The lowest BCUT2D eigenvalue weighted by Gasteiger charge is -2.10. The van der Waals surface area contributed by atoms with Crippen LogP contribution in [-0.4, -0.2) is 34.6 Å². The fourth-order valence-corrected chi connectivity index (χ4v) is 1.60. The first-order valence-corrected chi connectivity index (χ1v) is 6.09. The number of ether oxygens (including phenoxy) is 2. The Kier molecular flexibility index (Phi) is 4.10. The lowest BCUT2D eigenvalue weighted by Crippen LogP contribution is -2.12. The van der Waals surface area contributed by atoms with Crippen LogP contribution in [0.5, 0.6) is 5.88 Å². The highest BCUT2D eigenvalue weighted by Crippen LogP contribution is 2.35. The largest absolute Gasteiger partial charge is 0.473 e. The Bertz CT molecular complexity index is 476. The van der Waals surface area contributed by atoms with Gasteiger partial charge in [0.05, 0.1) is 11.5 Å². The molecular formula is C11H16N4O4. The third kappa shape index (κ3) is 3.28. The van der Waals surface area contributed by atoms with Crippen molar-refractivity contribution < 1.29 is 14.4 Å². The monoisotopic (exact) mass is 268 g/mol. The van der Waals surface area contributed by atoms with Crippen molar-refractivity contribution in [2.24, 2.45) is 0 Å². The molecule has 8 nitrogen and oxygen atoms in total. The molecule has 104 valence electrons. The molecule has 1 aromatic rings. The second kappa shape index (κ2) is 5.79. The number of rotatable bonds is 7. The van der Waals surface area contributed by atoms with Crippen molar-refractivity contribution in [1.82, 2.24) is 9.97 Å². The first-order valence-electron chi connectivity index (χ1n) is 6.09. The summed E-state index contributed by atoms with van der Waals surface area (Å²) in [6.45, 7) is 2.22. The summed E-state index contributed by atoms with van der Waals surface area (Å²) in [5, 5.41) is 14.2. The molecule has 8 heteroatoms. The number of anilines is 1. The van der Waals surface area contributed by atoms with Crippen molar-refractivity contribution >= 4 is 11.5 Å². The Balaban J connectivity index is 2.41. The van der Waals surface area contributed by atoms with Crippen molar-refractivity contribution in [1.29, 1.82) is 0 Å². The van der Waals surface area contributed by atoms with E-state index in [4.69, 9.17) is 9.47 Å². The van der Waals surface area contributed by atoms with E-state index >= 15 is 0 Å². The number of methoxy groups -OCH3 is 1. The fraction of sp³-hybridized carbons (Fsp3) is 0.636. The number of aromatic nitrogens is 2. The molecule has 1 aliphatic rings. The second-order valence-electron chi connectivity index (χ2n) is 4.18. The lowest BCUT2D eigenvalue weighted by atomic mass is 10.4. The zero-order chi connectivity index (χ0) is 13.8. The third-order valence-electron chi connectivity index (χ3n) is 2.55. The van der Waals surface area contributed by atoms with E-state index in [-0.39, 0.29) is 30.0 Å². The molecule has 2 rings (SSSR count). The average molecular weight is 268 g/mol. The molecule has 1 N–H and O–H groups in total. The molecular weight excluding hydrogens is 252 g/mol. The SMILES string of the molecule is CCOc1nc(COC)nc(NC2CC2)c1[N+](=O)[O-]. The first-order chi connectivity index (χ1) is 9.15. The molecule has 0 unspecified atom stereocenters. The Morgan fingerprint density at radius 3 is 2.74 bits per heavy atom. The molecule has 19 heavy (non-hydrogen) atoms. The summed E-state index contributed by atoms with van der Waals surface area (Å²) in [4.78, 5) is 18.8. The topological polar surface area (TPSA) is 99.4 Å². The molecule has 0 aromatic carbocycles. The highest BCUT2D eigenvalue weighted by molar-refractivity contribution is 5.62. The maximum atomic E-state index is 11.2. The Morgan fingerprint density at radius 1 is 1.47 bits per heavy atom. The number of hydrogen-bond donors (Lipinski definition) is 1. The van der Waals surface area contributed by atoms with Crippen molar-refractivity contribution in [3.8, 4) is 5.88 Å². The van der Waals surface area contributed by atoms with Gasteiger partial charge in [-0.1, -0.05) is 0 Å². The van der Waals surface area contributed by atoms with Crippen LogP contribution in [0.15, 0.2) is 0 Å². The molecule has 0 amide bonds. The van der Waals surface area contributed by atoms with Gasteiger partial charge in [0.25, 0.3) is 5.88 Å². The molecule has 0 radical (unpaired) electrons. The molecule has 1 fully saturated rings. The maximum Gasteiger partial charge on any atom is 0.372 e. The van der Waals surface area contributed by atoms with Gasteiger partial charge in [-0.15, -0.1) is 0 Å². The lowest BCUT2D eigenvalue weighted by molar-refractivity contribution is -0.385. The van der Waals surface area contributed by atoms with E-state index < -0.39 is 4.92 Å². The van der Waals surface area contributed by atoms with Crippen molar-refractivity contribution in [3.05, 3.63) is 15.9 Å². The molecule has 0 spiro atoms. The van der Waals surface area contributed by atoms with E-state index in [1.165, 1.54) is 7.11 Å². The van der Waals surface area contributed by atoms with Gasteiger partial charge in [0.15, 0.2) is 5.82 Å². The summed E-state index contributed by atoms with van der Waals surface area (Å²) < 4.78 is 10.2. The summed E-state index contributed by atoms with van der Waals surface area (Å²) in [5.41, 5.74) is -0.214. The molecule has 0 bridgehead atoms. The summed E-state index contributed by atoms with van der Waals surface area (Å²) in [5.74, 6) is 0.551. The van der Waals surface area contributed by atoms with Gasteiger partial charge in [0.2, 0.25) is 5.82 Å². The van der Waals surface area contributed by atoms with E-state index in [1.807, 2.05) is 0 Å². The van der Waals surface area contributed by atoms with E-state index in [0.717, 1.165) is 12.8 Å². The Hall–Kier alpha value is -1.96.